The number of hydrogen-bond donors (Lipinski definition) is 2. The maximum Gasteiger partial charge on any atom is 0.335 e. The lowest BCUT2D eigenvalue weighted by atomic mass is 10.1. The Morgan fingerprint density at radius 1 is 1.43 bits per heavy atom. The van der Waals surface area contributed by atoms with Crippen LogP contribution >= 0.6 is 11.6 Å². The average Bonchev–Trinajstić information content (AvgIpc) is 2.82. The summed E-state index contributed by atoms with van der Waals surface area (Å²) in [5.41, 5.74) is 1.42. The summed E-state index contributed by atoms with van der Waals surface area (Å²) in [5.74, 6) is -1.46. The third kappa shape index (κ3) is 3.22. The van der Waals surface area contributed by atoms with E-state index in [0.717, 1.165) is 0 Å². The highest BCUT2D eigenvalue weighted by Crippen LogP contribution is 2.24. The minimum absolute atomic E-state index is 0.0524. The van der Waals surface area contributed by atoms with Crippen LogP contribution in [0, 0.1) is 0 Å². The van der Waals surface area contributed by atoms with E-state index in [-0.39, 0.29) is 22.2 Å². The zero-order valence-electron chi connectivity index (χ0n) is 11.6. The van der Waals surface area contributed by atoms with Crippen LogP contribution in [0.5, 0.6) is 0 Å². The Morgan fingerprint density at radius 2 is 2.14 bits per heavy atom. The fraction of sp³-hybridized carbons (Fsp3) is 0.214. The zero-order chi connectivity index (χ0) is 15.6. The van der Waals surface area contributed by atoms with Crippen LogP contribution in [0.4, 0.5) is 5.69 Å². The first-order valence-corrected chi connectivity index (χ1v) is 6.67. The van der Waals surface area contributed by atoms with Crippen molar-refractivity contribution in [3.05, 3.63) is 46.2 Å². The molecule has 2 N–H and O–H groups in total. The number of nitrogens with one attached hydrogen (secondary N) is 1. The number of benzene rings is 1. The first-order valence-electron chi connectivity index (χ1n) is 6.29. The molecule has 0 radical (unpaired) electrons. The van der Waals surface area contributed by atoms with Crippen LogP contribution in [0.1, 0.15) is 33.3 Å². The molecule has 0 aliphatic heterocycles. The summed E-state index contributed by atoms with van der Waals surface area (Å²) in [6, 6.07) is 4.14. The van der Waals surface area contributed by atoms with Crippen molar-refractivity contribution >= 4 is 29.2 Å². The van der Waals surface area contributed by atoms with Crippen LogP contribution < -0.4 is 5.32 Å². The molecule has 2 aromatic rings. The lowest BCUT2D eigenvalue weighted by Gasteiger charge is -2.08. The van der Waals surface area contributed by atoms with Crippen LogP contribution in [0.15, 0.2) is 24.4 Å². The number of aromatic nitrogens is 2. The van der Waals surface area contributed by atoms with Gasteiger partial charge in [0.25, 0.3) is 5.91 Å². The third-order valence-electron chi connectivity index (χ3n) is 2.95. The molecule has 0 saturated carbocycles. The fourth-order valence-electron chi connectivity index (χ4n) is 1.93. The lowest BCUT2D eigenvalue weighted by molar-refractivity contribution is 0.0696. The van der Waals surface area contributed by atoms with Crippen LogP contribution in [0.2, 0.25) is 5.02 Å². The fourth-order valence-corrected chi connectivity index (χ4v) is 2.09. The van der Waals surface area contributed by atoms with Crippen molar-refractivity contribution in [2.24, 2.45) is 7.05 Å². The van der Waals surface area contributed by atoms with Crippen molar-refractivity contribution in [1.82, 2.24) is 9.78 Å². The van der Waals surface area contributed by atoms with Gasteiger partial charge >= 0.3 is 5.97 Å². The van der Waals surface area contributed by atoms with E-state index >= 15 is 0 Å². The van der Waals surface area contributed by atoms with Gasteiger partial charge < -0.3 is 10.4 Å². The highest BCUT2D eigenvalue weighted by atomic mass is 35.5. The number of carbonyl (C=O) groups excluding carboxylic acids is 1. The Hall–Kier alpha value is -2.34. The van der Waals surface area contributed by atoms with Crippen molar-refractivity contribution < 1.29 is 14.7 Å². The minimum Gasteiger partial charge on any atom is -0.478 e. The van der Waals surface area contributed by atoms with Gasteiger partial charge in [-0.15, -0.1) is 0 Å². The van der Waals surface area contributed by atoms with Gasteiger partial charge in [0, 0.05) is 13.2 Å². The highest BCUT2D eigenvalue weighted by molar-refractivity contribution is 6.34. The molecule has 0 saturated heterocycles. The van der Waals surface area contributed by atoms with E-state index in [4.69, 9.17) is 16.7 Å². The molecule has 7 heteroatoms. The lowest BCUT2D eigenvalue weighted by Crippen LogP contribution is -2.14. The molecule has 0 aliphatic carbocycles. The topological polar surface area (TPSA) is 84.2 Å². The molecule has 2 rings (SSSR count). The number of carboxylic acid groups (broad SMARTS) is 1. The van der Waals surface area contributed by atoms with Gasteiger partial charge in [-0.05, 0) is 24.6 Å². The number of rotatable bonds is 4. The van der Waals surface area contributed by atoms with Crippen LogP contribution in [0.25, 0.3) is 0 Å². The Kier molecular flexibility index (Phi) is 4.28. The summed E-state index contributed by atoms with van der Waals surface area (Å²) in [6.45, 7) is 1.90. The number of amides is 1. The van der Waals surface area contributed by atoms with Crippen LogP contribution in [-0.2, 0) is 13.5 Å². The molecule has 110 valence electrons. The number of carbonyl (C=O) groups is 2. The second-order valence-corrected chi connectivity index (χ2v) is 4.88. The standard InChI is InChI=1S/C14H14ClN3O3/c1-3-11-9(7-18(2)17-11)13(19)16-12-6-8(14(20)21)4-5-10(12)15/h4-7H,3H2,1-2H3,(H,16,19)(H,20,21). The van der Waals surface area contributed by atoms with E-state index in [1.54, 1.807) is 17.9 Å². The largest absolute Gasteiger partial charge is 0.478 e. The number of halogens is 1. The molecule has 1 heterocycles. The molecule has 1 amide bonds. The van der Waals surface area contributed by atoms with E-state index in [2.05, 4.69) is 10.4 Å². The molecular weight excluding hydrogens is 294 g/mol. The van der Waals surface area contributed by atoms with Gasteiger partial charge in [-0.25, -0.2) is 4.79 Å². The molecule has 0 aliphatic rings. The Morgan fingerprint density at radius 3 is 2.76 bits per heavy atom. The van der Waals surface area contributed by atoms with Crippen LogP contribution in [0.3, 0.4) is 0 Å². The highest BCUT2D eigenvalue weighted by Gasteiger charge is 2.16. The van der Waals surface area contributed by atoms with Gasteiger partial charge in [0.2, 0.25) is 0 Å². The van der Waals surface area contributed by atoms with E-state index in [9.17, 15) is 9.59 Å². The predicted molar refractivity (Wildman–Crippen MR) is 79.0 cm³/mol. The third-order valence-corrected chi connectivity index (χ3v) is 3.28. The normalized spacial score (nSPS) is 10.4. The van der Waals surface area contributed by atoms with E-state index < -0.39 is 5.97 Å². The summed E-state index contributed by atoms with van der Waals surface area (Å²) in [4.78, 5) is 23.2. The number of aromatic carboxylic acids is 1. The molecular formula is C14H14ClN3O3. The Bertz CT molecular complexity index is 709. The van der Waals surface area contributed by atoms with E-state index in [0.29, 0.717) is 17.7 Å². The number of hydrogen-bond acceptors (Lipinski definition) is 3. The van der Waals surface area contributed by atoms with E-state index in [1.165, 1.54) is 18.2 Å². The maximum absolute atomic E-state index is 12.3. The van der Waals surface area contributed by atoms with Gasteiger partial charge in [-0.3, -0.25) is 9.48 Å². The molecule has 0 atom stereocenters. The summed E-state index contributed by atoms with van der Waals surface area (Å²) < 4.78 is 1.56. The molecule has 0 fully saturated rings. The van der Waals surface area contributed by atoms with E-state index in [1.807, 2.05) is 6.92 Å². The summed E-state index contributed by atoms with van der Waals surface area (Å²) >= 11 is 5.98. The summed E-state index contributed by atoms with van der Waals surface area (Å²) in [6.07, 6.45) is 2.23. The molecule has 0 spiro atoms. The Balaban J connectivity index is 2.31. The van der Waals surface area contributed by atoms with Gasteiger partial charge in [0.1, 0.15) is 0 Å². The number of carboxylic acids is 1. The van der Waals surface area contributed by atoms with Crippen molar-refractivity contribution in [3.8, 4) is 0 Å². The number of anilines is 1. The first kappa shape index (κ1) is 15.1. The van der Waals surface area contributed by atoms with Crippen LogP contribution in [-0.4, -0.2) is 26.8 Å². The molecule has 6 nitrogen and oxygen atoms in total. The molecule has 0 bridgehead atoms. The molecule has 1 aromatic carbocycles. The van der Waals surface area contributed by atoms with Crippen molar-refractivity contribution in [2.45, 2.75) is 13.3 Å². The zero-order valence-corrected chi connectivity index (χ0v) is 12.3. The van der Waals surface area contributed by atoms with Gasteiger partial charge in [0.15, 0.2) is 0 Å². The minimum atomic E-state index is -1.09. The Labute approximate surface area is 126 Å². The number of nitrogens with zero attached hydrogens (tertiary/aromatic N) is 2. The van der Waals surface area contributed by atoms with Crippen molar-refractivity contribution in [1.29, 1.82) is 0 Å². The van der Waals surface area contributed by atoms with Crippen molar-refractivity contribution in [2.75, 3.05) is 5.32 Å². The summed E-state index contributed by atoms with van der Waals surface area (Å²) in [7, 11) is 1.73. The van der Waals surface area contributed by atoms with Crippen molar-refractivity contribution in [3.63, 3.8) is 0 Å². The van der Waals surface area contributed by atoms with Gasteiger partial charge in [-0.2, -0.15) is 5.10 Å². The predicted octanol–water partition coefficient (Wildman–Crippen LogP) is 2.59. The number of aryl methyl sites for hydroxylation is 2. The summed E-state index contributed by atoms with van der Waals surface area (Å²) in [5, 5.41) is 16.1. The quantitative estimate of drug-likeness (QED) is 0.909. The van der Waals surface area contributed by atoms with Gasteiger partial charge in [-0.1, -0.05) is 18.5 Å². The molecule has 1 aromatic heterocycles. The monoisotopic (exact) mass is 307 g/mol. The smallest absolute Gasteiger partial charge is 0.335 e. The molecule has 21 heavy (non-hydrogen) atoms. The second-order valence-electron chi connectivity index (χ2n) is 4.47. The second kappa shape index (κ2) is 5.97. The average molecular weight is 308 g/mol. The molecule has 0 unspecified atom stereocenters. The van der Waals surface area contributed by atoms with Gasteiger partial charge in [0.05, 0.1) is 27.5 Å². The SMILES string of the molecule is CCc1nn(C)cc1C(=O)Nc1cc(C(=O)O)ccc1Cl. The first-order chi connectivity index (χ1) is 9.92. The maximum atomic E-state index is 12.3.